The number of rotatable bonds is 4. The van der Waals surface area contributed by atoms with Crippen molar-refractivity contribution in [1.29, 1.82) is 0 Å². The summed E-state index contributed by atoms with van der Waals surface area (Å²) in [6, 6.07) is 8.88. The van der Waals surface area contributed by atoms with Gasteiger partial charge in [-0.1, -0.05) is 6.07 Å². The summed E-state index contributed by atoms with van der Waals surface area (Å²) in [6.45, 7) is 0. The number of alkyl halides is 1. The number of aromatic nitrogens is 1. The van der Waals surface area contributed by atoms with Gasteiger partial charge in [0.2, 0.25) is 0 Å². The van der Waals surface area contributed by atoms with Gasteiger partial charge in [0, 0.05) is 37.6 Å². The lowest BCUT2D eigenvalue weighted by atomic mass is 10.2. The largest absolute Gasteiger partial charge is 0.436 e. The molecule has 19 heavy (non-hydrogen) atoms. The second-order valence-electron chi connectivity index (χ2n) is 4.22. The number of hydrogen-bond donors (Lipinski definition) is 0. The van der Waals surface area contributed by atoms with Gasteiger partial charge in [0.05, 0.1) is 5.88 Å². The molecule has 100 valence electrons. The average Bonchev–Trinajstić information content (AvgIpc) is 2.41. The fraction of sp³-hybridized carbons (Fsp3) is 0.214. The molecule has 1 aromatic carbocycles. The van der Waals surface area contributed by atoms with E-state index in [1.54, 1.807) is 6.07 Å². The summed E-state index contributed by atoms with van der Waals surface area (Å²) in [5.41, 5.74) is 1.34. The van der Waals surface area contributed by atoms with Crippen LogP contribution in [0, 0.1) is 5.82 Å². The van der Waals surface area contributed by atoms with Crippen molar-refractivity contribution in [3.63, 3.8) is 0 Å². The summed E-state index contributed by atoms with van der Waals surface area (Å²) in [7, 11) is 3.85. The van der Waals surface area contributed by atoms with Crippen LogP contribution < -0.4 is 9.64 Å². The third-order valence-corrected chi connectivity index (χ3v) is 2.92. The number of anilines is 1. The maximum absolute atomic E-state index is 13.9. The molecular weight excluding hydrogens is 267 g/mol. The molecule has 0 bridgehead atoms. The Hall–Kier alpha value is -1.81. The van der Waals surface area contributed by atoms with E-state index < -0.39 is 5.82 Å². The molecule has 3 nitrogen and oxygen atoms in total. The standard InChI is InChI=1S/C14H14ClFN2O/c1-18(2)11-4-3-5-12(8-11)19-14-13(16)10(9-15)6-7-17-14/h3-8H,9H2,1-2H3. The SMILES string of the molecule is CN(C)c1cccc(Oc2nccc(CCl)c2F)c1. The fourth-order valence-electron chi connectivity index (χ4n) is 1.57. The number of benzene rings is 1. The highest BCUT2D eigenvalue weighted by Gasteiger charge is 2.11. The lowest BCUT2D eigenvalue weighted by Gasteiger charge is -2.14. The normalized spacial score (nSPS) is 10.3. The van der Waals surface area contributed by atoms with Gasteiger partial charge >= 0.3 is 0 Å². The van der Waals surface area contributed by atoms with Crippen LogP contribution in [0.4, 0.5) is 10.1 Å². The minimum atomic E-state index is -0.521. The van der Waals surface area contributed by atoms with Crippen molar-refractivity contribution < 1.29 is 9.13 Å². The van der Waals surface area contributed by atoms with Gasteiger partial charge < -0.3 is 9.64 Å². The van der Waals surface area contributed by atoms with E-state index in [1.807, 2.05) is 37.2 Å². The molecule has 0 aliphatic rings. The van der Waals surface area contributed by atoms with Crippen molar-refractivity contribution in [3.8, 4) is 11.6 Å². The summed E-state index contributed by atoms with van der Waals surface area (Å²) in [5, 5.41) is 0. The zero-order valence-electron chi connectivity index (χ0n) is 10.7. The monoisotopic (exact) mass is 280 g/mol. The Kier molecular flexibility index (Phi) is 4.22. The molecule has 0 fully saturated rings. The van der Waals surface area contributed by atoms with E-state index in [0.717, 1.165) is 5.69 Å². The van der Waals surface area contributed by atoms with Crippen LogP contribution in [0.25, 0.3) is 0 Å². The first-order chi connectivity index (χ1) is 9.11. The molecule has 0 N–H and O–H groups in total. The first-order valence-electron chi connectivity index (χ1n) is 5.76. The zero-order chi connectivity index (χ0) is 13.8. The van der Waals surface area contributed by atoms with E-state index in [4.69, 9.17) is 16.3 Å². The Morgan fingerprint density at radius 1 is 1.32 bits per heavy atom. The first kappa shape index (κ1) is 13.6. The molecule has 0 unspecified atom stereocenters. The van der Waals surface area contributed by atoms with Crippen molar-refractivity contribution in [2.75, 3.05) is 19.0 Å². The van der Waals surface area contributed by atoms with E-state index in [2.05, 4.69) is 4.98 Å². The number of ether oxygens (including phenoxy) is 1. The van der Waals surface area contributed by atoms with E-state index >= 15 is 0 Å². The van der Waals surface area contributed by atoms with Crippen molar-refractivity contribution in [1.82, 2.24) is 4.98 Å². The second kappa shape index (κ2) is 5.89. The van der Waals surface area contributed by atoms with E-state index in [-0.39, 0.29) is 11.8 Å². The van der Waals surface area contributed by atoms with Crippen molar-refractivity contribution in [2.45, 2.75) is 5.88 Å². The summed E-state index contributed by atoms with van der Waals surface area (Å²) in [6.07, 6.45) is 1.48. The fourth-order valence-corrected chi connectivity index (χ4v) is 1.78. The maximum Gasteiger partial charge on any atom is 0.256 e. The van der Waals surface area contributed by atoms with Gasteiger partial charge in [-0.3, -0.25) is 0 Å². The molecule has 5 heteroatoms. The first-order valence-corrected chi connectivity index (χ1v) is 6.30. The third kappa shape index (κ3) is 3.15. The minimum Gasteiger partial charge on any atom is -0.436 e. The van der Waals surface area contributed by atoms with Crippen LogP contribution in [-0.2, 0) is 5.88 Å². The molecule has 0 spiro atoms. The van der Waals surface area contributed by atoms with Crippen molar-refractivity contribution in [2.24, 2.45) is 0 Å². The molecule has 0 saturated heterocycles. The highest BCUT2D eigenvalue weighted by atomic mass is 35.5. The van der Waals surface area contributed by atoms with Gasteiger partial charge in [0.15, 0.2) is 5.82 Å². The molecule has 0 radical (unpaired) electrons. The van der Waals surface area contributed by atoms with Crippen LogP contribution in [-0.4, -0.2) is 19.1 Å². The highest BCUT2D eigenvalue weighted by molar-refractivity contribution is 6.17. The van der Waals surface area contributed by atoms with Gasteiger partial charge in [-0.05, 0) is 18.2 Å². The van der Waals surface area contributed by atoms with Gasteiger partial charge in [-0.2, -0.15) is 0 Å². The summed E-state index contributed by atoms with van der Waals surface area (Å²) < 4.78 is 19.4. The molecule has 0 aliphatic heterocycles. The summed E-state index contributed by atoms with van der Waals surface area (Å²) in [5.74, 6) is 0.0359. The zero-order valence-corrected chi connectivity index (χ0v) is 11.5. The maximum atomic E-state index is 13.9. The number of hydrogen-bond acceptors (Lipinski definition) is 3. The van der Waals surface area contributed by atoms with E-state index in [1.165, 1.54) is 12.3 Å². The minimum absolute atomic E-state index is 0.0611. The Morgan fingerprint density at radius 3 is 2.79 bits per heavy atom. The quantitative estimate of drug-likeness (QED) is 0.796. The summed E-state index contributed by atoms with van der Waals surface area (Å²) >= 11 is 5.64. The Labute approximate surface area is 116 Å². The molecule has 0 atom stereocenters. The topological polar surface area (TPSA) is 25.4 Å². The number of halogens is 2. The molecular formula is C14H14ClFN2O. The molecule has 0 aliphatic carbocycles. The molecule has 2 aromatic rings. The Morgan fingerprint density at radius 2 is 2.11 bits per heavy atom. The second-order valence-corrected chi connectivity index (χ2v) is 4.48. The van der Waals surface area contributed by atoms with Crippen molar-refractivity contribution >= 4 is 17.3 Å². The van der Waals surface area contributed by atoms with Crippen LogP contribution in [0.2, 0.25) is 0 Å². The average molecular weight is 281 g/mol. The molecule has 1 aromatic heterocycles. The van der Waals surface area contributed by atoms with E-state index in [9.17, 15) is 4.39 Å². The highest BCUT2D eigenvalue weighted by Crippen LogP contribution is 2.27. The molecule has 2 rings (SSSR count). The van der Waals surface area contributed by atoms with Crippen LogP contribution in [0.3, 0.4) is 0 Å². The Bertz CT molecular complexity index is 575. The smallest absolute Gasteiger partial charge is 0.256 e. The predicted molar refractivity (Wildman–Crippen MR) is 74.6 cm³/mol. The molecule has 0 saturated carbocycles. The lowest BCUT2D eigenvalue weighted by molar-refractivity contribution is 0.420. The summed E-state index contributed by atoms with van der Waals surface area (Å²) in [4.78, 5) is 5.82. The van der Waals surface area contributed by atoms with Crippen LogP contribution in [0.15, 0.2) is 36.5 Å². The third-order valence-electron chi connectivity index (χ3n) is 2.63. The number of nitrogens with zero attached hydrogens (tertiary/aromatic N) is 2. The molecule has 1 heterocycles. The van der Waals surface area contributed by atoms with Crippen LogP contribution in [0.5, 0.6) is 11.6 Å². The lowest BCUT2D eigenvalue weighted by Crippen LogP contribution is -2.08. The van der Waals surface area contributed by atoms with Gasteiger partial charge in [0.25, 0.3) is 5.88 Å². The van der Waals surface area contributed by atoms with Gasteiger partial charge in [0.1, 0.15) is 5.75 Å². The number of pyridine rings is 1. The van der Waals surface area contributed by atoms with E-state index in [0.29, 0.717) is 11.3 Å². The van der Waals surface area contributed by atoms with Crippen molar-refractivity contribution in [3.05, 3.63) is 47.9 Å². The molecule has 0 amide bonds. The van der Waals surface area contributed by atoms with Gasteiger partial charge in [-0.25, -0.2) is 9.37 Å². The predicted octanol–water partition coefficient (Wildman–Crippen LogP) is 3.82. The Balaban J connectivity index is 2.28. The van der Waals surface area contributed by atoms with Crippen LogP contribution >= 0.6 is 11.6 Å². The van der Waals surface area contributed by atoms with Gasteiger partial charge in [-0.15, -0.1) is 11.6 Å². The van der Waals surface area contributed by atoms with Crippen LogP contribution in [0.1, 0.15) is 5.56 Å².